The van der Waals surface area contributed by atoms with E-state index in [0.29, 0.717) is 6.42 Å². The molecule has 0 spiro atoms. The molecule has 1 atom stereocenters. The molecule has 1 unspecified atom stereocenters. The standard InChI is InChI=1S/C10H13ClN2O3S/c1-2-9(11)12-10(14)13-17(15,16)8-6-4-3-5-7-8/h3-7,9H,2H2,1H3,(H2,12,13,14). The van der Waals surface area contributed by atoms with Crippen LogP contribution in [0.25, 0.3) is 0 Å². The lowest BCUT2D eigenvalue weighted by molar-refractivity contribution is 0.244. The molecule has 0 saturated heterocycles. The van der Waals surface area contributed by atoms with Gasteiger partial charge < -0.3 is 5.32 Å². The van der Waals surface area contributed by atoms with Crippen LogP contribution in [0.3, 0.4) is 0 Å². The van der Waals surface area contributed by atoms with Crippen LogP contribution < -0.4 is 10.0 Å². The number of urea groups is 1. The van der Waals surface area contributed by atoms with Crippen molar-refractivity contribution in [2.24, 2.45) is 0 Å². The molecule has 2 amide bonds. The van der Waals surface area contributed by atoms with Gasteiger partial charge in [-0.1, -0.05) is 36.7 Å². The first kappa shape index (κ1) is 13.8. The van der Waals surface area contributed by atoms with Crippen LogP contribution in [-0.4, -0.2) is 19.9 Å². The summed E-state index contributed by atoms with van der Waals surface area (Å²) in [6, 6.07) is 6.79. The van der Waals surface area contributed by atoms with Crippen LogP contribution in [0.15, 0.2) is 35.2 Å². The van der Waals surface area contributed by atoms with Crippen molar-refractivity contribution in [2.45, 2.75) is 23.7 Å². The van der Waals surface area contributed by atoms with Gasteiger partial charge in [-0.05, 0) is 18.6 Å². The van der Waals surface area contributed by atoms with Gasteiger partial charge in [0.2, 0.25) is 0 Å². The molecule has 0 aliphatic carbocycles. The third-order valence-electron chi connectivity index (χ3n) is 1.93. The summed E-state index contributed by atoms with van der Waals surface area (Å²) in [7, 11) is -3.83. The van der Waals surface area contributed by atoms with E-state index in [2.05, 4.69) is 5.32 Å². The molecule has 0 saturated carbocycles. The summed E-state index contributed by atoms with van der Waals surface area (Å²) in [5, 5.41) is 2.29. The molecule has 1 aromatic rings. The highest BCUT2D eigenvalue weighted by molar-refractivity contribution is 7.90. The van der Waals surface area contributed by atoms with Crippen LogP contribution in [-0.2, 0) is 10.0 Å². The number of sulfonamides is 1. The predicted octanol–water partition coefficient (Wildman–Crippen LogP) is 1.65. The molecule has 17 heavy (non-hydrogen) atoms. The molecule has 0 aliphatic heterocycles. The van der Waals surface area contributed by atoms with Crippen molar-refractivity contribution in [1.82, 2.24) is 10.0 Å². The quantitative estimate of drug-likeness (QED) is 0.649. The maximum atomic E-state index is 11.7. The second kappa shape index (κ2) is 5.88. The highest BCUT2D eigenvalue weighted by Crippen LogP contribution is 2.06. The number of benzene rings is 1. The lowest BCUT2D eigenvalue weighted by atomic mass is 10.4. The summed E-state index contributed by atoms with van der Waals surface area (Å²) in [6.45, 7) is 1.77. The van der Waals surface area contributed by atoms with Crippen molar-refractivity contribution in [3.05, 3.63) is 30.3 Å². The van der Waals surface area contributed by atoms with Crippen molar-refractivity contribution < 1.29 is 13.2 Å². The lowest BCUT2D eigenvalue weighted by Gasteiger charge is -2.11. The maximum Gasteiger partial charge on any atom is 0.329 e. The van der Waals surface area contributed by atoms with Crippen molar-refractivity contribution >= 4 is 27.7 Å². The molecule has 0 heterocycles. The SMILES string of the molecule is CCC(Cl)NC(=O)NS(=O)(=O)c1ccccc1. The summed E-state index contributed by atoms with van der Waals surface area (Å²) in [4.78, 5) is 11.3. The van der Waals surface area contributed by atoms with Crippen molar-refractivity contribution in [2.75, 3.05) is 0 Å². The van der Waals surface area contributed by atoms with E-state index in [-0.39, 0.29) is 4.90 Å². The number of amides is 2. The Bertz CT molecular complexity index is 476. The Balaban J connectivity index is 2.72. The largest absolute Gasteiger partial charge is 0.329 e. The van der Waals surface area contributed by atoms with Gasteiger partial charge in [-0.25, -0.2) is 17.9 Å². The fourth-order valence-electron chi connectivity index (χ4n) is 1.05. The molecule has 94 valence electrons. The van der Waals surface area contributed by atoms with Gasteiger partial charge >= 0.3 is 6.03 Å². The first-order valence-electron chi connectivity index (χ1n) is 4.98. The van der Waals surface area contributed by atoms with Gasteiger partial charge in [0.25, 0.3) is 10.0 Å². The average molecular weight is 277 g/mol. The van der Waals surface area contributed by atoms with Gasteiger partial charge in [0.1, 0.15) is 5.50 Å². The monoisotopic (exact) mass is 276 g/mol. The zero-order valence-electron chi connectivity index (χ0n) is 9.18. The lowest BCUT2D eigenvalue weighted by Crippen LogP contribution is -2.42. The van der Waals surface area contributed by atoms with E-state index in [0.717, 1.165) is 0 Å². The molecule has 0 aromatic heterocycles. The first-order chi connectivity index (χ1) is 7.95. The number of carbonyl (C=O) groups excluding carboxylic acids is 1. The molecule has 2 N–H and O–H groups in total. The summed E-state index contributed by atoms with van der Waals surface area (Å²) < 4.78 is 25.3. The molecule has 0 fully saturated rings. The minimum absolute atomic E-state index is 0.0257. The second-order valence-corrected chi connectivity index (χ2v) is 5.48. The van der Waals surface area contributed by atoms with Gasteiger partial charge in [-0.2, -0.15) is 0 Å². The smallest absolute Gasteiger partial charge is 0.321 e. The highest BCUT2D eigenvalue weighted by Gasteiger charge is 2.17. The van der Waals surface area contributed by atoms with E-state index in [1.54, 1.807) is 25.1 Å². The Morgan fingerprint density at radius 3 is 2.47 bits per heavy atom. The fourth-order valence-corrected chi connectivity index (χ4v) is 2.09. The Morgan fingerprint density at radius 2 is 1.94 bits per heavy atom. The van der Waals surface area contributed by atoms with Crippen LogP contribution in [0.4, 0.5) is 4.79 Å². The van der Waals surface area contributed by atoms with E-state index in [9.17, 15) is 13.2 Å². The minimum atomic E-state index is -3.83. The topological polar surface area (TPSA) is 75.3 Å². The van der Waals surface area contributed by atoms with E-state index in [4.69, 9.17) is 11.6 Å². The van der Waals surface area contributed by atoms with Crippen LogP contribution in [0.5, 0.6) is 0 Å². The third kappa shape index (κ3) is 4.24. The molecule has 1 aromatic carbocycles. The van der Waals surface area contributed by atoms with E-state index in [1.807, 2.05) is 4.72 Å². The normalized spacial score (nSPS) is 12.8. The average Bonchev–Trinajstić information content (AvgIpc) is 2.29. The number of halogens is 1. The van der Waals surface area contributed by atoms with E-state index in [1.165, 1.54) is 12.1 Å². The Morgan fingerprint density at radius 1 is 1.35 bits per heavy atom. The number of hydrogen-bond donors (Lipinski definition) is 2. The number of carbonyl (C=O) groups is 1. The number of hydrogen-bond acceptors (Lipinski definition) is 3. The highest BCUT2D eigenvalue weighted by atomic mass is 35.5. The third-order valence-corrected chi connectivity index (χ3v) is 3.69. The number of nitrogens with one attached hydrogen (secondary N) is 2. The molecule has 1 rings (SSSR count). The molecule has 0 bridgehead atoms. The maximum absolute atomic E-state index is 11.7. The van der Waals surface area contributed by atoms with Gasteiger partial charge in [0, 0.05) is 0 Å². The zero-order valence-corrected chi connectivity index (χ0v) is 10.8. The summed E-state index contributed by atoms with van der Waals surface area (Å²) >= 11 is 5.67. The Hall–Kier alpha value is -1.27. The Kier molecular flexibility index (Phi) is 4.77. The molecular weight excluding hydrogens is 264 g/mol. The van der Waals surface area contributed by atoms with Gasteiger partial charge in [0.15, 0.2) is 0 Å². The van der Waals surface area contributed by atoms with Crippen LogP contribution in [0, 0.1) is 0 Å². The molecule has 0 aliphatic rings. The second-order valence-electron chi connectivity index (χ2n) is 3.27. The van der Waals surface area contributed by atoms with Crippen LogP contribution in [0.2, 0.25) is 0 Å². The van der Waals surface area contributed by atoms with Crippen LogP contribution >= 0.6 is 11.6 Å². The first-order valence-corrected chi connectivity index (χ1v) is 6.90. The van der Waals surface area contributed by atoms with Crippen LogP contribution in [0.1, 0.15) is 13.3 Å². The molecule has 7 heteroatoms. The summed E-state index contributed by atoms with van der Waals surface area (Å²) in [5.74, 6) is 0. The van der Waals surface area contributed by atoms with E-state index < -0.39 is 21.6 Å². The minimum Gasteiger partial charge on any atom is -0.321 e. The van der Waals surface area contributed by atoms with Gasteiger partial charge in [-0.3, -0.25) is 0 Å². The van der Waals surface area contributed by atoms with Crippen molar-refractivity contribution in [1.29, 1.82) is 0 Å². The fraction of sp³-hybridized carbons (Fsp3) is 0.300. The zero-order chi connectivity index (χ0) is 12.9. The number of alkyl halides is 1. The van der Waals surface area contributed by atoms with Crippen molar-refractivity contribution in [3.8, 4) is 0 Å². The molecule has 0 radical (unpaired) electrons. The molecular formula is C10H13ClN2O3S. The van der Waals surface area contributed by atoms with Gasteiger partial charge in [-0.15, -0.1) is 0 Å². The van der Waals surface area contributed by atoms with Crippen molar-refractivity contribution in [3.63, 3.8) is 0 Å². The number of rotatable bonds is 4. The summed E-state index contributed by atoms with van der Waals surface area (Å²) in [6.07, 6.45) is 0.500. The summed E-state index contributed by atoms with van der Waals surface area (Å²) in [5.41, 5.74) is -0.596. The molecule has 5 nitrogen and oxygen atoms in total. The predicted molar refractivity (Wildman–Crippen MR) is 65.2 cm³/mol. The van der Waals surface area contributed by atoms with E-state index >= 15 is 0 Å². The van der Waals surface area contributed by atoms with Gasteiger partial charge in [0.05, 0.1) is 4.90 Å². The Labute approximate surface area is 105 Å².